The number of aliphatic hydroxyl groups is 1. The van der Waals surface area contributed by atoms with Gasteiger partial charge in [-0.1, -0.05) is 0 Å². The van der Waals surface area contributed by atoms with Crippen molar-refractivity contribution in [3.05, 3.63) is 23.8 Å². The number of alkyl halides is 3. The third-order valence-corrected chi connectivity index (χ3v) is 1.94. The van der Waals surface area contributed by atoms with E-state index in [9.17, 15) is 13.2 Å². The zero-order valence-electron chi connectivity index (χ0n) is 7.23. The van der Waals surface area contributed by atoms with E-state index < -0.39 is 18.4 Å². The lowest BCUT2D eigenvalue weighted by Gasteiger charge is -2.13. The Balaban J connectivity index is 2.31. The van der Waals surface area contributed by atoms with Crippen LogP contribution in [-0.2, 0) is 12.3 Å². The molecule has 0 aliphatic carbocycles. The van der Waals surface area contributed by atoms with E-state index >= 15 is 0 Å². The van der Waals surface area contributed by atoms with Gasteiger partial charge in [-0.15, -0.1) is 10.2 Å². The molecule has 2 rings (SSSR count). The molecule has 15 heavy (non-hydrogen) atoms. The van der Waals surface area contributed by atoms with Gasteiger partial charge in [-0.05, 0) is 0 Å². The first-order valence-corrected chi connectivity index (χ1v) is 3.92. The van der Waals surface area contributed by atoms with Gasteiger partial charge in [-0.2, -0.15) is 13.2 Å². The van der Waals surface area contributed by atoms with Crippen LogP contribution in [0.2, 0.25) is 0 Å². The molecule has 0 unspecified atom stereocenters. The molecule has 1 aromatic heterocycles. The molecule has 1 aliphatic rings. The van der Waals surface area contributed by atoms with Crippen molar-refractivity contribution in [3.8, 4) is 0 Å². The molecular weight excluding hydrogens is 213 g/mol. The molecule has 80 valence electrons. The van der Waals surface area contributed by atoms with Crippen molar-refractivity contribution in [2.75, 3.05) is 0 Å². The average molecular weight is 218 g/mol. The Bertz CT molecular complexity index is 394. The standard InChI is InChI=1S/C7H5F3N4O/c8-7(9,10)6(13-14-6)4-1-11-5(3-15)12-2-4/h1-2,15H,3H2. The van der Waals surface area contributed by atoms with Crippen LogP contribution in [0.1, 0.15) is 11.4 Å². The van der Waals surface area contributed by atoms with E-state index in [2.05, 4.69) is 20.2 Å². The van der Waals surface area contributed by atoms with Crippen molar-refractivity contribution in [1.82, 2.24) is 9.97 Å². The maximum Gasteiger partial charge on any atom is 0.442 e. The van der Waals surface area contributed by atoms with Gasteiger partial charge in [0.05, 0.1) is 5.56 Å². The maximum absolute atomic E-state index is 12.5. The smallest absolute Gasteiger partial charge is 0.388 e. The zero-order chi connectivity index (χ0) is 11.1. The summed E-state index contributed by atoms with van der Waals surface area (Å²) in [6.45, 7) is -0.423. The number of hydrogen-bond donors (Lipinski definition) is 1. The van der Waals surface area contributed by atoms with Crippen LogP contribution < -0.4 is 0 Å². The molecule has 8 heteroatoms. The van der Waals surface area contributed by atoms with Gasteiger partial charge in [0.25, 0.3) is 0 Å². The van der Waals surface area contributed by atoms with Crippen LogP contribution in [0.5, 0.6) is 0 Å². The van der Waals surface area contributed by atoms with Crippen LogP contribution in [-0.4, -0.2) is 21.3 Å². The predicted octanol–water partition coefficient (Wildman–Crippen LogP) is 1.15. The number of rotatable bonds is 2. The minimum Gasteiger partial charge on any atom is -0.388 e. The van der Waals surface area contributed by atoms with Gasteiger partial charge in [0.1, 0.15) is 6.61 Å². The lowest BCUT2D eigenvalue weighted by molar-refractivity contribution is -0.166. The molecule has 1 aliphatic heterocycles. The molecule has 0 atom stereocenters. The highest BCUT2D eigenvalue weighted by Crippen LogP contribution is 2.51. The Hall–Kier alpha value is -1.57. The van der Waals surface area contributed by atoms with Gasteiger partial charge < -0.3 is 5.11 Å². The SMILES string of the molecule is OCc1ncc(C2(C(F)(F)F)N=N2)cn1. The first-order chi connectivity index (χ1) is 6.99. The highest BCUT2D eigenvalue weighted by Gasteiger charge is 2.65. The largest absolute Gasteiger partial charge is 0.442 e. The summed E-state index contributed by atoms with van der Waals surface area (Å²) in [7, 11) is 0. The van der Waals surface area contributed by atoms with Crippen LogP contribution in [0.3, 0.4) is 0 Å². The summed E-state index contributed by atoms with van der Waals surface area (Å²) in [4.78, 5) is 7.07. The van der Waals surface area contributed by atoms with Crippen LogP contribution in [0.4, 0.5) is 13.2 Å². The first kappa shape index (κ1) is 9.97. The molecule has 5 nitrogen and oxygen atoms in total. The Labute approximate surface area is 81.7 Å². The molecule has 1 aromatic rings. The summed E-state index contributed by atoms with van der Waals surface area (Å²) in [6, 6.07) is 0. The molecule has 0 amide bonds. The van der Waals surface area contributed by atoms with Gasteiger partial charge in [-0.3, -0.25) is 0 Å². The Kier molecular flexibility index (Phi) is 1.97. The van der Waals surface area contributed by atoms with Gasteiger partial charge in [0, 0.05) is 12.4 Å². The molecule has 0 bridgehead atoms. The third kappa shape index (κ3) is 1.46. The number of aromatic nitrogens is 2. The topological polar surface area (TPSA) is 70.7 Å². The van der Waals surface area contributed by atoms with Crippen LogP contribution in [0.15, 0.2) is 22.6 Å². The lowest BCUT2D eigenvalue weighted by atomic mass is 10.1. The van der Waals surface area contributed by atoms with Crippen LogP contribution in [0.25, 0.3) is 0 Å². The van der Waals surface area contributed by atoms with Crippen molar-refractivity contribution in [2.24, 2.45) is 10.2 Å². The summed E-state index contributed by atoms with van der Waals surface area (Å²) in [5.74, 6) is 0.0525. The second-order valence-electron chi connectivity index (χ2n) is 2.92. The molecule has 0 radical (unpaired) electrons. The minimum absolute atomic E-state index is 0.0525. The first-order valence-electron chi connectivity index (χ1n) is 3.92. The normalized spacial score (nSPS) is 17.9. The maximum atomic E-state index is 12.5. The molecular formula is C7H5F3N4O. The monoisotopic (exact) mass is 218 g/mol. The Morgan fingerprint density at radius 3 is 2.07 bits per heavy atom. The fraction of sp³-hybridized carbons (Fsp3) is 0.429. The van der Waals surface area contributed by atoms with Crippen LogP contribution >= 0.6 is 0 Å². The van der Waals surface area contributed by atoms with Crippen LogP contribution in [0, 0.1) is 0 Å². The van der Waals surface area contributed by atoms with E-state index in [1.165, 1.54) is 0 Å². The number of aliphatic hydroxyl groups excluding tert-OH is 1. The summed E-state index contributed by atoms with van der Waals surface area (Å²) in [6.07, 6.45) is -2.64. The zero-order valence-corrected chi connectivity index (χ0v) is 7.23. The Morgan fingerprint density at radius 1 is 1.20 bits per heavy atom. The summed E-state index contributed by atoms with van der Waals surface area (Å²) in [5, 5.41) is 14.6. The number of halogens is 3. The van der Waals surface area contributed by atoms with Crippen molar-refractivity contribution in [3.63, 3.8) is 0 Å². The molecule has 0 spiro atoms. The van der Waals surface area contributed by atoms with Crippen molar-refractivity contribution >= 4 is 0 Å². The van der Waals surface area contributed by atoms with Gasteiger partial charge in [0.2, 0.25) is 0 Å². The molecule has 2 heterocycles. The van der Waals surface area contributed by atoms with E-state index in [0.717, 1.165) is 12.4 Å². The van der Waals surface area contributed by atoms with E-state index in [1.54, 1.807) is 0 Å². The quantitative estimate of drug-likeness (QED) is 0.809. The van der Waals surface area contributed by atoms with Gasteiger partial charge in [-0.25, -0.2) is 9.97 Å². The number of nitrogens with zero attached hydrogens (tertiary/aromatic N) is 4. The highest BCUT2D eigenvalue weighted by atomic mass is 19.4. The fourth-order valence-corrected chi connectivity index (χ4v) is 1.06. The summed E-state index contributed by atoms with van der Waals surface area (Å²) < 4.78 is 37.4. The molecule has 0 saturated heterocycles. The summed E-state index contributed by atoms with van der Waals surface area (Å²) >= 11 is 0. The van der Waals surface area contributed by atoms with Crippen molar-refractivity contribution in [1.29, 1.82) is 0 Å². The fourth-order valence-electron chi connectivity index (χ4n) is 1.06. The molecule has 1 N–H and O–H groups in total. The van der Waals surface area contributed by atoms with E-state index in [4.69, 9.17) is 5.11 Å². The summed E-state index contributed by atoms with van der Waals surface area (Å²) in [5.41, 5.74) is -2.73. The average Bonchev–Trinajstić information content (AvgIpc) is 2.98. The van der Waals surface area contributed by atoms with Crippen molar-refractivity contribution < 1.29 is 18.3 Å². The molecule has 0 aromatic carbocycles. The lowest BCUT2D eigenvalue weighted by Crippen LogP contribution is -2.30. The van der Waals surface area contributed by atoms with E-state index in [0.29, 0.717) is 0 Å². The number of hydrogen-bond acceptors (Lipinski definition) is 5. The van der Waals surface area contributed by atoms with E-state index in [1.807, 2.05) is 0 Å². The van der Waals surface area contributed by atoms with Crippen molar-refractivity contribution in [2.45, 2.75) is 18.4 Å². The second kappa shape index (κ2) is 2.96. The predicted molar refractivity (Wildman–Crippen MR) is 40.5 cm³/mol. The second-order valence-corrected chi connectivity index (χ2v) is 2.92. The molecule has 0 fully saturated rings. The van der Waals surface area contributed by atoms with Gasteiger partial charge >= 0.3 is 11.8 Å². The highest BCUT2D eigenvalue weighted by molar-refractivity contribution is 5.24. The molecule has 0 saturated carbocycles. The van der Waals surface area contributed by atoms with E-state index in [-0.39, 0.29) is 11.4 Å². The third-order valence-electron chi connectivity index (χ3n) is 1.94. The minimum atomic E-state index is -4.57. The van der Waals surface area contributed by atoms with Gasteiger partial charge in [0.15, 0.2) is 5.82 Å². The Morgan fingerprint density at radius 2 is 1.73 bits per heavy atom.